The van der Waals surface area contributed by atoms with Gasteiger partial charge in [0.15, 0.2) is 0 Å². The van der Waals surface area contributed by atoms with Gasteiger partial charge < -0.3 is 19.9 Å². The van der Waals surface area contributed by atoms with Crippen molar-refractivity contribution in [3.63, 3.8) is 0 Å². The Bertz CT molecular complexity index is 455. The Morgan fingerprint density at radius 1 is 0.913 bits per heavy atom. The zero-order chi connectivity index (χ0) is 17.8. The highest BCUT2D eigenvalue weighted by molar-refractivity contribution is 5.84. The maximum atomic E-state index is 12.2. The molecule has 23 heavy (non-hydrogen) atoms. The predicted octanol–water partition coefficient (Wildman–Crippen LogP) is 1.23. The van der Waals surface area contributed by atoms with Gasteiger partial charge in [-0.25, -0.2) is 4.79 Å². The fourth-order valence-electron chi connectivity index (χ4n) is 2.21. The van der Waals surface area contributed by atoms with Crippen molar-refractivity contribution >= 4 is 17.9 Å². The van der Waals surface area contributed by atoms with E-state index >= 15 is 0 Å². The Hall–Kier alpha value is -1.79. The van der Waals surface area contributed by atoms with Gasteiger partial charge in [0.1, 0.15) is 12.1 Å². The largest absolute Gasteiger partial charge is 0.444 e. The van der Waals surface area contributed by atoms with Crippen LogP contribution in [0.5, 0.6) is 0 Å². The summed E-state index contributed by atoms with van der Waals surface area (Å²) in [6, 6.07) is 0. The SMILES string of the molecule is CC(C)(C)OC(=O)NCC(=O)N1CCN(C(=O)C(C)(C)C)CC1. The average molecular weight is 327 g/mol. The Labute approximate surface area is 138 Å². The Morgan fingerprint density at radius 2 is 1.39 bits per heavy atom. The summed E-state index contributed by atoms with van der Waals surface area (Å²) < 4.78 is 5.09. The van der Waals surface area contributed by atoms with Crippen LogP contribution < -0.4 is 5.32 Å². The van der Waals surface area contributed by atoms with Gasteiger partial charge in [-0.05, 0) is 20.8 Å². The zero-order valence-corrected chi connectivity index (χ0v) is 15.1. The Morgan fingerprint density at radius 3 is 1.83 bits per heavy atom. The standard InChI is InChI=1S/C16H29N3O4/c1-15(2,3)13(21)19-9-7-18(8-10-19)12(20)11-17-14(22)23-16(4,5)6/h7-11H2,1-6H3,(H,17,22). The molecule has 0 saturated carbocycles. The first-order valence-electron chi connectivity index (χ1n) is 7.94. The number of ether oxygens (including phenoxy) is 1. The van der Waals surface area contributed by atoms with Crippen LogP contribution >= 0.6 is 0 Å². The lowest BCUT2D eigenvalue weighted by molar-refractivity contribution is -0.144. The minimum atomic E-state index is -0.604. The number of alkyl carbamates (subject to hydrolysis) is 1. The second-order valence-electron chi connectivity index (χ2n) is 7.78. The molecule has 0 unspecified atom stereocenters. The third-order valence-corrected chi connectivity index (χ3v) is 3.34. The van der Waals surface area contributed by atoms with E-state index in [0.29, 0.717) is 26.2 Å². The normalized spacial score (nSPS) is 16.1. The third kappa shape index (κ3) is 6.46. The summed E-state index contributed by atoms with van der Waals surface area (Å²) in [5, 5.41) is 2.46. The van der Waals surface area contributed by atoms with Gasteiger partial charge in [-0.3, -0.25) is 9.59 Å². The molecule has 0 aromatic carbocycles. The molecule has 7 heteroatoms. The van der Waals surface area contributed by atoms with Crippen LogP contribution in [0.1, 0.15) is 41.5 Å². The predicted molar refractivity (Wildman–Crippen MR) is 86.9 cm³/mol. The van der Waals surface area contributed by atoms with Crippen LogP contribution in [-0.4, -0.2) is 66.0 Å². The number of hydrogen-bond donors (Lipinski definition) is 1. The molecule has 1 aliphatic rings. The zero-order valence-electron chi connectivity index (χ0n) is 15.1. The van der Waals surface area contributed by atoms with Gasteiger partial charge in [-0.2, -0.15) is 0 Å². The van der Waals surface area contributed by atoms with Crippen LogP contribution in [0, 0.1) is 5.41 Å². The number of carbonyl (C=O) groups excluding carboxylic acids is 3. The minimum Gasteiger partial charge on any atom is -0.444 e. The van der Waals surface area contributed by atoms with Crippen LogP contribution in [0.15, 0.2) is 0 Å². The molecule has 132 valence electrons. The van der Waals surface area contributed by atoms with Crippen molar-refractivity contribution in [2.75, 3.05) is 32.7 Å². The van der Waals surface area contributed by atoms with Gasteiger partial charge in [0.25, 0.3) is 0 Å². The number of amides is 3. The lowest BCUT2D eigenvalue weighted by atomic mass is 9.94. The topological polar surface area (TPSA) is 79.0 Å². The van der Waals surface area contributed by atoms with E-state index in [0.717, 1.165) is 0 Å². The molecule has 1 aliphatic heterocycles. The Kier molecular flexibility index (Phi) is 6.02. The Balaban J connectivity index is 2.38. The molecular weight excluding hydrogens is 298 g/mol. The second kappa shape index (κ2) is 7.19. The van der Waals surface area contributed by atoms with Crippen molar-refractivity contribution in [3.05, 3.63) is 0 Å². The molecule has 1 N–H and O–H groups in total. The van der Waals surface area contributed by atoms with Gasteiger partial charge in [-0.1, -0.05) is 20.8 Å². The van der Waals surface area contributed by atoms with Gasteiger partial charge in [-0.15, -0.1) is 0 Å². The smallest absolute Gasteiger partial charge is 0.408 e. The van der Waals surface area contributed by atoms with Crippen molar-refractivity contribution < 1.29 is 19.1 Å². The lowest BCUT2D eigenvalue weighted by Crippen LogP contribution is -2.54. The molecule has 1 heterocycles. The molecule has 0 atom stereocenters. The molecule has 3 amide bonds. The van der Waals surface area contributed by atoms with E-state index in [4.69, 9.17) is 4.74 Å². The summed E-state index contributed by atoms with van der Waals surface area (Å²) in [5.74, 6) is -0.0739. The summed E-state index contributed by atoms with van der Waals surface area (Å²) in [4.78, 5) is 39.3. The van der Waals surface area contributed by atoms with Gasteiger partial charge in [0, 0.05) is 31.6 Å². The van der Waals surface area contributed by atoms with Crippen LogP contribution in [0.3, 0.4) is 0 Å². The molecule has 0 aromatic rings. The fourth-order valence-corrected chi connectivity index (χ4v) is 2.21. The lowest BCUT2D eigenvalue weighted by Gasteiger charge is -2.37. The van der Waals surface area contributed by atoms with E-state index in [1.165, 1.54) is 0 Å². The monoisotopic (exact) mass is 327 g/mol. The van der Waals surface area contributed by atoms with E-state index in [-0.39, 0.29) is 18.4 Å². The van der Waals surface area contributed by atoms with Crippen LogP contribution in [0.2, 0.25) is 0 Å². The van der Waals surface area contributed by atoms with Gasteiger partial charge >= 0.3 is 6.09 Å². The van der Waals surface area contributed by atoms with Crippen molar-refractivity contribution in [2.24, 2.45) is 5.41 Å². The van der Waals surface area contributed by atoms with E-state index in [1.807, 2.05) is 20.8 Å². The highest BCUT2D eigenvalue weighted by Gasteiger charge is 2.30. The molecular formula is C16H29N3O4. The molecule has 0 aliphatic carbocycles. The van der Waals surface area contributed by atoms with Gasteiger partial charge in [0.2, 0.25) is 11.8 Å². The molecule has 0 bridgehead atoms. The van der Waals surface area contributed by atoms with E-state index in [2.05, 4.69) is 5.32 Å². The first-order valence-corrected chi connectivity index (χ1v) is 7.94. The number of piperazine rings is 1. The van der Waals surface area contributed by atoms with E-state index in [1.54, 1.807) is 30.6 Å². The van der Waals surface area contributed by atoms with E-state index < -0.39 is 17.1 Å². The molecule has 1 fully saturated rings. The number of hydrogen-bond acceptors (Lipinski definition) is 4. The van der Waals surface area contributed by atoms with Crippen molar-refractivity contribution in [1.82, 2.24) is 15.1 Å². The number of carbonyl (C=O) groups is 3. The maximum Gasteiger partial charge on any atom is 0.408 e. The number of nitrogens with one attached hydrogen (secondary N) is 1. The first-order chi connectivity index (χ1) is 10.4. The number of nitrogens with zero attached hydrogens (tertiary/aromatic N) is 2. The van der Waals surface area contributed by atoms with Gasteiger partial charge in [0.05, 0.1) is 0 Å². The maximum absolute atomic E-state index is 12.2. The van der Waals surface area contributed by atoms with Crippen LogP contribution in [-0.2, 0) is 14.3 Å². The summed E-state index contributed by atoms with van der Waals surface area (Å²) in [6.07, 6.45) is -0.604. The van der Waals surface area contributed by atoms with E-state index in [9.17, 15) is 14.4 Å². The van der Waals surface area contributed by atoms with Crippen LogP contribution in [0.25, 0.3) is 0 Å². The fraction of sp³-hybridized carbons (Fsp3) is 0.812. The summed E-state index contributed by atoms with van der Waals surface area (Å²) in [6.45, 7) is 12.9. The van der Waals surface area contributed by atoms with Crippen molar-refractivity contribution in [2.45, 2.75) is 47.1 Å². The molecule has 1 saturated heterocycles. The molecule has 1 rings (SSSR count). The first kappa shape index (κ1) is 19.3. The quantitative estimate of drug-likeness (QED) is 0.827. The average Bonchev–Trinajstić information content (AvgIpc) is 2.41. The number of rotatable bonds is 2. The summed E-state index contributed by atoms with van der Waals surface area (Å²) >= 11 is 0. The molecule has 0 spiro atoms. The highest BCUT2D eigenvalue weighted by Crippen LogP contribution is 2.18. The summed E-state index contributed by atoms with van der Waals surface area (Å²) in [5.41, 5.74) is -1.00. The minimum absolute atomic E-state index is 0.0940. The van der Waals surface area contributed by atoms with Crippen molar-refractivity contribution in [1.29, 1.82) is 0 Å². The van der Waals surface area contributed by atoms with Crippen LogP contribution in [0.4, 0.5) is 4.79 Å². The second-order valence-corrected chi connectivity index (χ2v) is 7.78. The molecule has 0 aromatic heterocycles. The third-order valence-electron chi connectivity index (χ3n) is 3.34. The van der Waals surface area contributed by atoms with Crippen molar-refractivity contribution in [3.8, 4) is 0 Å². The molecule has 0 radical (unpaired) electrons. The summed E-state index contributed by atoms with van der Waals surface area (Å²) in [7, 11) is 0. The molecule has 7 nitrogen and oxygen atoms in total. The highest BCUT2D eigenvalue weighted by atomic mass is 16.6.